The predicted octanol–water partition coefficient (Wildman–Crippen LogP) is 0.724. The van der Waals surface area contributed by atoms with E-state index >= 15 is 0 Å². The molecule has 0 fully saturated rings. The van der Waals surface area contributed by atoms with Gasteiger partial charge in [0.05, 0.1) is 18.4 Å². The summed E-state index contributed by atoms with van der Waals surface area (Å²) < 4.78 is 6.81. The third-order valence-corrected chi connectivity index (χ3v) is 2.05. The average Bonchev–Trinajstić information content (AvgIpc) is 2.87. The van der Waals surface area contributed by atoms with Crippen LogP contribution in [-0.2, 0) is 13.6 Å². The molecule has 0 aliphatic rings. The number of carbonyl (C=O) groups is 1. The number of aromatic nitrogens is 2. The number of hydrogen-bond donors (Lipinski definition) is 2. The monoisotopic (exact) mass is 220 g/mol. The summed E-state index contributed by atoms with van der Waals surface area (Å²) in [6, 6.07) is 3.27. The molecule has 0 aromatic carbocycles. The number of amides is 1. The molecule has 2 aromatic rings. The first-order valence-electron chi connectivity index (χ1n) is 4.78. The molecule has 6 heteroatoms. The van der Waals surface area contributed by atoms with E-state index in [1.807, 2.05) is 0 Å². The van der Waals surface area contributed by atoms with Gasteiger partial charge in [-0.2, -0.15) is 5.10 Å². The normalized spacial score (nSPS) is 10.4. The lowest BCUT2D eigenvalue weighted by molar-refractivity contribution is 0.0995. The summed E-state index contributed by atoms with van der Waals surface area (Å²) in [4.78, 5) is 11.7. The second-order valence-electron chi connectivity index (χ2n) is 3.33. The number of nitrogens with two attached hydrogens (primary N) is 1. The van der Waals surface area contributed by atoms with Crippen molar-refractivity contribution in [3.63, 3.8) is 0 Å². The van der Waals surface area contributed by atoms with Gasteiger partial charge in [-0.05, 0) is 12.1 Å². The number of carbonyl (C=O) groups excluding carboxylic acids is 1. The van der Waals surface area contributed by atoms with E-state index in [2.05, 4.69) is 10.4 Å². The van der Waals surface area contributed by atoms with Crippen LogP contribution in [0.1, 0.15) is 16.3 Å². The highest BCUT2D eigenvalue weighted by Crippen LogP contribution is 2.10. The minimum absolute atomic E-state index is 0.240. The van der Waals surface area contributed by atoms with Crippen LogP contribution in [0.5, 0.6) is 0 Å². The Labute approximate surface area is 92.0 Å². The van der Waals surface area contributed by atoms with Crippen molar-refractivity contribution in [1.82, 2.24) is 9.78 Å². The van der Waals surface area contributed by atoms with E-state index in [0.717, 1.165) is 0 Å². The van der Waals surface area contributed by atoms with Crippen molar-refractivity contribution in [3.8, 4) is 0 Å². The molecule has 0 saturated carbocycles. The second-order valence-corrected chi connectivity index (χ2v) is 3.33. The van der Waals surface area contributed by atoms with E-state index in [4.69, 9.17) is 10.2 Å². The van der Waals surface area contributed by atoms with Crippen molar-refractivity contribution in [2.24, 2.45) is 12.8 Å². The Balaban J connectivity index is 2.08. The van der Waals surface area contributed by atoms with Gasteiger partial charge in [-0.1, -0.05) is 0 Å². The molecule has 0 saturated heterocycles. The van der Waals surface area contributed by atoms with Gasteiger partial charge in [0.1, 0.15) is 5.76 Å². The van der Waals surface area contributed by atoms with Crippen LogP contribution in [-0.4, -0.2) is 15.7 Å². The second kappa shape index (κ2) is 4.19. The van der Waals surface area contributed by atoms with Gasteiger partial charge < -0.3 is 15.5 Å². The molecule has 0 aliphatic heterocycles. The zero-order valence-corrected chi connectivity index (χ0v) is 8.80. The van der Waals surface area contributed by atoms with E-state index in [0.29, 0.717) is 11.4 Å². The molecule has 0 radical (unpaired) electrons. The highest BCUT2D eigenvalue weighted by Gasteiger charge is 2.11. The van der Waals surface area contributed by atoms with E-state index < -0.39 is 0 Å². The van der Waals surface area contributed by atoms with Crippen molar-refractivity contribution in [2.45, 2.75) is 6.54 Å². The highest BCUT2D eigenvalue weighted by molar-refractivity contribution is 6.02. The van der Waals surface area contributed by atoms with Crippen molar-refractivity contribution in [2.75, 3.05) is 5.32 Å². The predicted molar refractivity (Wildman–Crippen MR) is 57.8 cm³/mol. The van der Waals surface area contributed by atoms with Gasteiger partial charge in [-0.3, -0.25) is 9.48 Å². The van der Waals surface area contributed by atoms with Crippen molar-refractivity contribution in [3.05, 3.63) is 36.0 Å². The van der Waals surface area contributed by atoms with E-state index in [1.165, 1.54) is 0 Å². The Morgan fingerprint density at radius 1 is 1.62 bits per heavy atom. The first kappa shape index (κ1) is 10.4. The summed E-state index contributed by atoms with van der Waals surface area (Å²) in [5.41, 5.74) is 6.00. The molecule has 6 nitrogen and oxygen atoms in total. The molecule has 2 aromatic heterocycles. The minimum atomic E-state index is -0.312. The Morgan fingerprint density at radius 2 is 2.44 bits per heavy atom. The van der Waals surface area contributed by atoms with E-state index in [1.54, 1.807) is 36.3 Å². The molecule has 0 spiro atoms. The maximum Gasteiger partial charge on any atom is 0.291 e. The number of nitrogens with zero attached hydrogens (tertiary/aromatic N) is 2. The third kappa shape index (κ3) is 2.12. The number of hydrogen-bond acceptors (Lipinski definition) is 4. The van der Waals surface area contributed by atoms with Crippen LogP contribution in [0.2, 0.25) is 0 Å². The molecule has 0 aliphatic carbocycles. The highest BCUT2D eigenvalue weighted by atomic mass is 16.4. The van der Waals surface area contributed by atoms with Crippen LogP contribution in [0.25, 0.3) is 0 Å². The number of nitrogens with one attached hydrogen (secondary N) is 1. The summed E-state index contributed by atoms with van der Waals surface area (Å²) in [5, 5.41) is 6.60. The van der Waals surface area contributed by atoms with Crippen LogP contribution in [0.4, 0.5) is 5.69 Å². The summed E-state index contributed by atoms with van der Waals surface area (Å²) in [6.07, 6.45) is 3.26. The van der Waals surface area contributed by atoms with Gasteiger partial charge >= 0.3 is 0 Å². The molecular weight excluding hydrogens is 208 g/mol. The number of furan rings is 1. The SMILES string of the molecule is Cn1cc(NC(=O)c2ccc(CN)o2)cn1. The van der Waals surface area contributed by atoms with E-state index in [9.17, 15) is 4.79 Å². The van der Waals surface area contributed by atoms with Gasteiger partial charge in [-0.25, -0.2) is 0 Å². The topological polar surface area (TPSA) is 86.1 Å². The smallest absolute Gasteiger partial charge is 0.291 e. The van der Waals surface area contributed by atoms with Crippen LogP contribution < -0.4 is 11.1 Å². The van der Waals surface area contributed by atoms with Gasteiger partial charge in [0.25, 0.3) is 5.91 Å². The molecule has 1 amide bonds. The fourth-order valence-corrected chi connectivity index (χ4v) is 1.29. The largest absolute Gasteiger partial charge is 0.455 e. The van der Waals surface area contributed by atoms with Crippen molar-refractivity contribution < 1.29 is 9.21 Å². The van der Waals surface area contributed by atoms with Gasteiger partial charge in [0.15, 0.2) is 5.76 Å². The Morgan fingerprint density at radius 3 is 3.00 bits per heavy atom. The first-order chi connectivity index (χ1) is 7.69. The Kier molecular flexibility index (Phi) is 2.74. The average molecular weight is 220 g/mol. The van der Waals surface area contributed by atoms with Gasteiger partial charge in [0.2, 0.25) is 0 Å². The maximum absolute atomic E-state index is 11.7. The van der Waals surface area contributed by atoms with Crippen LogP contribution in [0.15, 0.2) is 28.9 Å². The summed E-state index contributed by atoms with van der Waals surface area (Å²) in [5.74, 6) is 0.508. The number of rotatable bonds is 3. The Bertz CT molecular complexity index is 500. The quantitative estimate of drug-likeness (QED) is 0.798. The van der Waals surface area contributed by atoms with Crippen LogP contribution in [0.3, 0.4) is 0 Å². The third-order valence-electron chi connectivity index (χ3n) is 2.05. The molecule has 0 atom stereocenters. The molecule has 16 heavy (non-hydrogen) atoms. The fourth-order valence-electron chi connectivity index (χ4n) is 1.29. The summed E-state index contributed by atoms with van der Waals surface area (Å²) in [6.45, 7) is 0.278. The minimum Gasteiger partial charge on any atom is -0.455 e. The zero-order valence-electron chi connectivity index (χ0n) is 8.80. The van der Waals surface area contributed by atoms with Crippen molar-refractivity contribution >= 4 is 11.6 Å². The molecule has 0 bridgehead atoms. The summed E-state index contributed by atoms with van der Waals surface area (Å²) in [7, 11) is 1.77. The maximum atomic E-state index is 11.7. The van der Waals surface area contributed by atoms with E-state index in [-0.39, 0.29) is 18.2 Å². The molecule has 0 unspecified atom stereocenters. The van der Waals surface area contributed by atoms with Crippen LogP contribution in [0, 0.1) is 0 Å². The lowest BCUT2D eigenvalue weighted by Crippen LogP contribution is -2.10. The standard InChI is InChI=1S/C10H12N4O2/c1-14-6-7(5-12-14)13-10(15)9-3-2-8(4-11)16-9/h2-3,5-6H,4,11H2,1H3,(H,13,15). The van der Waals surface area contributed by atoms with Gasteiger partial charge in [0, 0.05) is 13.2 Å². The fraction of sp³-hybridized carbons (Fsp3) is 0.200. The Hall–Kier alpha value is -2.08. The molecule has 2 heterocycles. The molecule has 2 rings (SSSR count). The zero-order chi connectivity index (χ0) is 11.5. The first-order valence-corrected chi connectivity index (χ1v) is 4.78. The molecular formula is C10H12N4O2. The molecule has 84 valence electrons. The van der Waals surface area contributed by atoms with Gasteiger partial charge in [-0.15, -0.1) is 0 Å². The number of aryl methyl sites for hydroxylation is 1. The summed E-state index contributed by atoms with van der Waals surface area (Å²) >= 11 is 0. The lowest BCUT2D eigenvalue weighted by Gasteiger charge is -1.98. The molecule has 3 N–H and O–H groups in total. The van der Waals surface area contributed by atoms with Crippen molar-refractivity contribution in [1.29, 1.82) is 0 Å². The van der Waals surface area contributed by atoms with Crippen LogP contribution >= 0.6 is 0 Å². The lowest BCUT2D eigenvalue weighted by atomic mass is 10.4. The number of anilines is 1.